The van der Waals surface area contributed by atoms with Crippen LogP contribution < -0.4 is 25.1 Å². The van der Waals surface area contributed by atoms with Gasteiger partial charge in [0.2, 0.25) is 17.8 Å². The molecule has 1 aliphatic heterocycles. The van der Waals surface area contributed by atoms with E-state index < -0.39 is 17.6 Å². The monoisotopic (exact) mass is 643 g/mol. The van der Waals surface area contributed by atoms with E-state index in [0.29, 0.717) is 60.7 Å². The fourth-order valence-corrected chi connectivity index (χ4v) is 4.43. The maximum Gasteiger partial charge on any atom is 0.345 e. The first-order chi connectivity index (χ1) is 21.2. The molecule has 0 saturated carbocycles. The van der Waals surface area contributed by atoms with Crippen molar-refractivity contribution >= 4 is 58.9 Å². The zero-order chi connectivity index (χ0) is 31.2. The Hall–Kier alpha value is -4.59. The van der Waals surface area contributed by atoms with Crippen molar-refractivity contribution < 1.29 is 27.8 Å². The second-order valence-electron chi connectivity index (χ2n) is 9.39. The predicted molar refractivity (Wildman–Crippen MR) is 163 cm³/mol. The first kappa shape index (κ1) is 30.9. The summed E-state index contributed by atoms with van der Waals surface area (Å²) >= 11 is 12.2. The van der Waals surface area contributed by atoms with Crippen LogP contribution in [0.5, 0.6) is 11.5 Å². The lowest BCUT2D eigenvalue weighted by molar-refractivity contribution is 0.0729. The molecule has 1 aliphatic rings. The van der Waals surface area contributed by atoms with Gasteiger partial charge in [-0.25, -0.2) is 19.0 Å². The van der Waals surface area contributed by atoms with Gasteiger partial charge in [-0.15, -0.1) is 0 Å². The molecule has 3 aromatic carbocycles. The maximum atomic E-state index is 13.6. The van der Waals surface area contributed by atoms with E-state index in [1.807, 2.05) is 24.0 Å². The summed E-state index contributed by atoms with van der Waals surface area (Å²) in [5.74, 6) is -2.28. The van der Waals surface area contributed by atoms with Crippen LogP contribution in [0.3, 0.4) is 0 Å². The molecule has 44 heavy (non-hydrogen) atoms. The van der Waals surface area contributed by atoms with Crippen LogP contribution in [-0.2, 0) is 4.74 Å². The number of nitrogens with one attached hydrogen (secondary N) is 2. The normalized spacial score (nSPS) is 13.2. The number of carbonyl (C=O) groups is 1. The van der Waals surface area contributed by atoms with Gasteiger partial charge in [0, 0.05) is 23.8 Å². The summed E-state index contributed by atoms with van der Waals surface area (Å²) in [5.41, 5.74) is 4.69. The quantitative estimate of drug-likeness (QED) is 0.0736. The highest BCUT2D eigenvalue weighted by Gasteiger charge is 2.20. The molecule has 5 rings (SSSR count). The molecule has 4 aromatic rings. The molecule has 2 heterocycles. The molecule has 228 valence electrons. The molecule has 15 heteroatoms. The van der Waals surface area contributed by atoms with E-state index in [1.165, 1.54) is 19.4 Å². The topological polar surface area (TPSA) is 123 Å². The summed E-state index contributed by atoms with van der Waals surface area (Å²) in [6, 6.07) is 11.5. The minimum atomic E-state index is -1.23. The highest BCUT2D eigenvalue weighted by Crippen LogP contribution is 2.30. The lowest BCUT2D eigenvalue weighted by atomic mass is 10.2. The van der Waals surface area contributed by atoms with Crippen LogP contribution in [0.4, 0.5) is 32.3 Å². The van der Waals surface area contributed by atoms with Gasteiger partial charge < -0.3 is 24.4 Å². The number of rotatable bonds is 9. The molecule has 0 spiro atoms. The van der Waals surface area contributed by atoms with Crippen molar-refractivity contribution in [1.82, 2.24) is 15.0 Å². The molecule has 0 unspecified atom stereocenters. The third-order valence-electron chi connectivity index (χ3n) is 6.34. The van der Waals surface area contributed by atoms with Gasteiger partial charge >= 0.3 is 5.97 Å². The zero-order valence-electron chi connectivity index (χ0n) is 23.4. The van der Waals surface area contributed by atoms with E-state index in [4.69, 9.17) is 37.4 Å². The van der Waals surface area contributed by atoms with Crippen LogP contribution >= 0.6 is 23.2 Å². The van der Waals surface area contributed by atoms with Gasteiger partial charge in [0.05, 0.1) is 37.1 Å². The van der Waals surface area contributed by atoms with E-state index in [-0.39, 0.29) is 34.0 Å². The molecule has 11 nitrogen and oxygen atoms in total. The number of methoxy groups -OCH3 is 1. The smallest absolute Gasteiger partial charge is 0.345 e. The number of anilines is 4. The van der Waals surface area contributed by atoms with E-state index in [9.17, 15) is 13.6 Å². The fourth-order valence-electron chi connectivity index (χ4n) is 4.02. The van der Waals surface area contributed by atoms with Gasteiger partial charge in [-0.2, -0.15) is 20.1 Å². The number of aromatic nitrogens is 3. The lowest BCUT2D eigenvalue weighted by Gasteiger charge is -2.27. The number of benzene rings is 3. The number of nitrogens with zero attached hydrogens (tertiary/aromatic N) is 5. The van der Waals surface area contributed by atoms with Crippen molar-refractivity contribution in [1.29, 1.82) is 0 Å². The summed E-state index contributed by atoms with van der Waals surface area (Å²) in [6.07, 6.45) is 1.48. The van der Waals surface area contributed by atoms with E-state index >= 15 is 0 Å². The van der Waals surface area contributed by atoms with Gasteiger partial charge in [-0.1, -0.05) is 29.3 Å². The Labute approximate surface area is 260 Å². The highest BCUT2D eigenvalue weighted by atomic mass is 35.5. The molecule has 1 saturated heterocycles. The fraction of sp³-hybridized carbons (Fsp3) is 0.207. The van der Waals surface area contributed by atoms with Crippen LogP contribution in [0.15, 0.2) is 53.6 Å². The number of hydrazone groups is 1. The van der Waals surface area contributed by atoms with E-state index in [0.717, 1.165) is 5.56 Å². The van der Waals surface area contributed by atoms with Crippen LogP contribution in [0.2, 0.25) is 10.0 Å². The molecular formula is C29H25Cl2F2N7O4. The largest absolute Gasteiger partial charge is 0.493 e. The number of hydrogen-bond donors (Lipinski definition) is 2. The minimum Gasteiger partial charge on any atom is -0.493 e. The summed E-state index contributed by atoms with van der Waals surface area (Å²) < 4.78 is 43.1. The molecule has 0 atom stereocenters. The molecule has 0 radical (unpaired) electrons. The zero-order valence-corrected chi connectivity index (χ0v) is 24.9. The Bertz CT molecular complexity index is 1720. The van der Waals surface area contributed by atoms with Gasteiger partial charge in [0.1, 0.15) is 0 Å². The van der Waals surface area contributed by atoms with Crippen LogP contribution in [0.1, 0.15) is 21.5 Å². The second kappa shape index (κ2) is 13.8. The lowest BCUT2D eigenvalue weighted by Crippen LogP contribution is -2.37. The molecule has 0 aliphatic carbocycles. The van der Waals surface area contributed by atoms with E-state index in [1.54, 1.807) is 18.2 Å². The summed E-state index contributed by atoms with van der Waals surface area (Å²) in [4.78, 5) is 28.0. The van der Waals surface area contributed by atoms with Crippen molar-refractivity contribution in [3.63, 3.8) is 0 Å². The van der Waals surface area contributed by atoms with Gasteiger partial charge in [-0.3, -0.25) is 0 Å². The second-order valence-corrected chi connectivity index (χ2v) is 10.2. The van der Waals surface area contributed by atoms with Crippen molar-refractivity contribution in [3.05, 3.63) is 86.9 Å². The third-order valence-corrected chi connectivity index (χ3v) is 7.06. The molecular weight excluding hydrogens is 619 g/mol. The van der Waals surface area contributed by atoms with Gasteiger partial charge in [-0.05, 0) is 60.5 Å². The number of ether oxygens (including phenoxy) is 3. The molecule has 0 amide bonds. The van der Waals surface area contributed by atoms with Crippen LogP contribution in [0, 0.1) is 18.6 Å². The van der Waals surface area contributed by atoms with Crippen molar-refractivity contribution in [2.45, 2.75) is 6.92 Å². The SMILES string of the molecule is COc1cc(/C=N\Nc2nc(Nc3ccc(C)c(Cl)c3)nc(N3CCOCC3)n2)ccc1OC(=O)c1cc(F)c(F)cc1Cl. The summed E-state index contributed by atoms with van der Waals surface area (Å²) in [7, 11) is 1.38. The molecule has 0 bridgehead atoms. The number of esters is 1. The van der Waals surface area contributed by atoms with Crippen molar-refractivity contribution in [2.75, 3.05) is 49.1 Å². The minimum absolute atomic E-state index is 0.0305. The van der Waals surface area contributed by atoms with Gasteiger partial charge in [0.25, 0.3) is 0 Å². The Balaban J connectivity index is 1.33. The summed E-state index contributed by atoms with van der Waals surface area (Å²) in [5, 5.41) is 7.70. The number of aryl methyl sites for hydroxylation is 1. The Morgan fingerprint density at radius 1 is 0.977 bits per heavy atom. The average molecular weight is 644 g/mol. The number of hydrogen-bond acceptors (Lipinski definition) is 11. The van der Waals surface area contributed by atoms with Crippen LogP contribution in [-0.4, -0.2) is 60.5 Å². The first-order valence-corrected chi connectivity index (χ1v) is 13.9. The van der Waals surface area contributed by atoms with Crippen molar-refractivity contribution in [2.24, 2.45) is 5.10 Å². The highest BCUT2D eigenvalue weighted by molar-refractivity contribution is 6.33. The van der Waals surface area contributed by atoms with E-state index in [2.05, 4.69) is 30.8 Å². The number of morpholine rings is 1. The standard InChI is InChI=1S/C29H25Cl2F2N7O4/c1-16-3-5-18(12-20(16)30)35-27-36-28(38-29(37-27)40-7-9-43-10-8-40)39-34-15-17-4-6-24(25(11-17)42-2)44-26(41)19-13-22(32)23(33)14-21(19)31/h3-6,11-15H,7-10H2,1-2H3,(H2,35,36,37,38,39)/b34-15-. The first-order valence-electron chi connectivity index (χ1n) is 13.2. The molecule has 1 aromatic heterocycles. The maximum absolute atomic E-state index is 13.6. The number of carbonyl (C=O) groups excluding carboxylic acids is 1. The van der Waals surface area contributed by atoms with Crippen LogP contribution in [0.25, 0.3) is 0 Å². The van der Waals surface area contributed by atoms with Crippen molar-refractivity contribution in [3.8, 4) is 11.5 Å². The van der Waals surface area contributed by atoms with Gasteiger partial charge in [0.15, 0.2) is 23.1 Å². The Morgan fingerprint density at radius 3 is 2.48 bits per heavy atom. The molecule has 2 N–H and O–H groups in total. The Kier molecular flexibility index (Phi) is 9.68. The number of halogens is 4. The summed E-state index contributed by atoms with van der Waals surface area (Å²) in [6.45, 7) is 4.23. The third kappa shape index (κ3) is 7.48. The Morgan fingerprint density at radius 2 is 1.73 bits per heavy atom. The predicted octanol–water partition coefficient (Wildman–Crippen LogP) is 6.02. The average Bonchev–Trinajstić information content (AvgIpc) is 3.01. The molecule has 1 fully saturated rings.